The first-order valence-electron chi connectivity index (χ1n) is 11.5. The second kappa shape index (κ2) is 11.2. The summed E-state index contributed by atoms with van der Waals surface area (Å²) >= 11 is 12.3. The van der Waals surface area contributed by atoms with E-state index in [2.05, 4.69) is 22.0 Å². The van der Waals surface area contributed by atoms with Crippen LogP contribution in [0, 0.1) is 0 Å². The van der Waals surface area contributed by atoms with E-state index in [1.54, 1.807) is 49.4 Å². The number of anilines is 2. The number of esters is 1. The number of hydrogen-bond donors (Lipinski definition) is 1. The first kappa shape index (κ1) is 25.1. The van der Waals surface area contributed by atoms with Crippen molar-refractivity contribution < 1.29 is 18.7 Å². The van der Waals surface area contributed by atoms with Crippen LogP contribution in [0.1, 0.15) is 34.8 Å². The van der Waals surface area contributed by atoms with Gasteiger partial charge in [-0.1, -0.05) is 30.1 Å². The maximum atomic E-state index is 13.1. The monoisotopic (exact) mass is 515 g/mol. The molecule has 2 aromatic carbocycles. The van der Waals surface area contributed by atoms with E-state index in [0.717, 1.165) is 38.4 Å². The van der Waals surface area contributed by atoms with E-state index in [0.29, 0.717) is 32.6 Å². The van der Waals surface area contributed by atoms with Crippen LogP contribution in [0.25, 0.3) is 11.3 Å². The van der Waals surface area contributed by atoms with Crippen molar-refractivity contribution in [2.24, 2.45) is 0 Å². The van der Waals surface area contributed by atoms with Crippen LogP contribution in [0.2, 0.25) is 10.0 Å². The lowest BCUT2D eigenvalue weighted by atomic mass is 10.1. The minimum atomic E-state index is -0.442. The third-order valence-corrected chi connectivity index (χ3v) is 6.49. The highest BCUT2D eigenvalue weighted by molar-refractivity contribution is 6.36. The van der Waals surface area contributed by atoms with Gasteiger partial charge in [-0.15, -0.1) is 0 Å². The summed E-state index contributed by atoms with van der Waals surface area (Å²) in [7, 11) is 0. The lowest BCUT2D eigenvalue weighted by Gasteiger charge is -2.36. The Morgan fingerprint density at radius 2 is 1.77 bits per heavy atom. The molecule has 1 N–H and O–H groups in total. The van der Waals surface area contributed by atoms with E-state index in [1.807, 2.05) is 6.07 Å². The first-order chi connectivity index (χ1) is 16.9. The van der Waals surface area contributed by atoms with Crippen LogP contribution in [0.3, 0.4) is 0 Å². The van der Waals surface area contributed by atoms with Crippen LogP contribution in [0.15, 0.2) is 52.9 Å². The molecule has 0 unspecified atom stereocenters. The Morgan fingerprint density at radius 3 is 2.46 bits per heavy atom. The number of nitrogens with one attached hydrogen (secondary N) is 1. The van der Waals surface area contributed by atoms with Gasteiger partial charge in [0, 0.05) is 36.8 Å². The zero-order valence-corrected chi connectivity index (χ0v) is 21.2. The number of benzene rings is 2. The van der Waals surface area contributed by atoms with Crippen molar-refractivity contribution in [1.29, 1.82) is 0 Å². The van der Waals surface area contributed by atoms with Crippen molar-refractivity contribution in [2.45, 2.75) is 13.8 Å². The van der Waals surface area contributed by atoms with Gasteiger partial charge in [-0.2, -0.15) is 0 Å². The number of likely N-dealkylation sites (N-methyl/N-ethyl adjacent to an activating group) is 1. The highest BCUT2D eigenvalue weighted by Gasteiger charge is 2.22. The fourth-order valence-corrected chi connectivity index (χ4v) is 4.54. The van der Waals surface area contributed by atoms with Crippen LogP contribution in [0.5, 0.6) is 0 Å². The summed E-state index contributed by atoms with van der Waals surface area (Å²) in [6.07, 6.45) is 0. The maximum Gasteiger partial charge on any atom is 0.338 e. The summed E-state index contributed by atoms with van der Waals surface area (Å²) in [5, 5.41) is 3.86. The highest BCUT2D eigenvalue weighted by atomic mass is 35.5. The Morgan fingerprint density at radius 1 is 1.00 bits per heavy atom. The standard InChI is InChI=1S/C26H27Cl2N3O4/c1-3-30-11-13-31(14-12-30)22-8-5-17(26(33)34-4-2)15-21(22)29-25(32)24-10-9-23(35-24)19-7-6-18(27)16-20(19)28/h5-10,15-16H,3-4,11-14H2,1-2H3,(H,29,32). The predicted molar refractivity (Wildman–Crippen MR) is 139 cm³/mol. The second-order valence-corrected chi connectivity index (χ2v) is 8.96. The van der Waals surface area contributed by atoms with Gasteiger partial charge < -0.3 is 24.3 Å². The number of ether oxygens (including phenoxy) is 1. The smallest absolute Gasteiger partial charge is 0.338 e. The van der Waals surface area contributed by atoms with Gasteiger partial charge in [0.05, 0.1) is 28.6 Å². The van der Waals surface area contributed by atoms with Crippen LogP contribution in [-0.4, -0.2) is 56.1 Å². The molecule has 1 aliphatic heterocycles. The molecule has 35 heavy (non-hydrogen) atoms. The average Bonchev–Trinajstić information content (AvgIpc) is 3.34. The number of carbonyl (C=O) groups excluding carboxylic acids is 2. The molecule has 2 heterocycles. The minimum absolute atomic E-state index is 0.120. The van der Waals surface area contributed by atoms with Crippen LogP contribution in [-0.2, 0) is 4.74 Å². The number of rotatable bonds is 7. The third kappa shape index (κ3) is 5.81. The zero-order valence-electron chi connectivity index (χ0n) is 19.6. The third-order valence-electron chi connectivity index (χ3n) is 5.94. The van der Waals surface area contributed by atoms with Gasteiger partial charge >= 0.3 is 5.97 Å². The molecular weight excluding hydrogens is 489 g/mol. The number of hydrogen-bond acceptors (Lipinski definition) is 6. The molecule has 4 rings (SSSR count). The Labute approximate surface area is 214 Å². The van der Waals surface area contributed by atoms with E-state index in [-0.39, 0.29) is 12.4 Å². The van der Waals surface area contributed by atoms with Gasteiger partial charge in [-0.3, -0.25) is 4.79 Å². The fourth-order valence-electron chi connectivity index (χ4n) is 4.04. The van der Waals surface area contributed by atoms with E-state index in [1.165, 1.54) is 0 Å². The van der Waals surface area contributed by atoms with Gasteiger partial charge in [0.15, 0.2) is 5.76 Å². The largest absolute Gasteiger partial charge is 0.462 e. The molecule has 0 bridgehead atoms. The summed E-state index contributed by atoms with van der Waals surface area (Å²) in [5.41, 5.74) is 2.36. The number of piperazine rings is 1. The van der Waals surface area contributed by atoms with Crippen molar-refractivity contribution in [3.63, 3.8) is 0 Å². The van der Waals surface area contributed by atoms with Crippen LogP contribution in [0.4, 0.5) is 11.4 Å². The summed E-state index contributed by atoms with van der Waals surface area (Å²) in [4.78, 5) is 30.1. The number of halogens is 2. The number of nitrogens with zero attached hydrogens (tertiary/aromatic N) is 2. The second-order valence-electron chi connectivity index (χ2n) is 8.12. The van der Waals surface area contributed by atoms with E-state index >= 15 is 0 Å². The minimum Gasteiger partial charge on any atom is -0.462 e. The van der Waals surface area contributed by atoms with Crippen molar-refractivity contribution in [3.05, 3.63) is 69.9 Å². The maximum absolute atomic E-state index is 13.1. The molecule has 184 valence electrons. The average molecular weight is 516 g/mol. The molecule has 0 radical (unpaired) electrons. The number of carbonyl (C=O) groups is 2. The molecule has 7 nitrogen and oxygen atoms in total. The Balaban J connectivity index is 1.60. The quantitative estimate of drug-likeness (QED) is 0.399. The van der Waals surface area contributed by atoms with Gasteiger partial charge in [0.1, 0.15) is 5.76 Å². The number of amides is 1. The Hall–Kier alpha value is -3.00. The van der Waals surface area contributed by atoms with Gasteiger partial charge in [-0.05, 0) is 62.0 Å². The van der Waals surface area contributed by atoms with E-state index < -0.39 is 11.9 Å². The Kier molecular flexibility index (Phi) is 8.00. The summed E-state index contributed by atoms with van der Waals surface area (Å²) < 4.78 is 10.9. The highest BCUT2D eigenvalue weighted by Crippen LogP contribution is 2.33. The van der Waals surface area contributed by atoms with Gasteiger partial charge in [0.2, 0.25) is 0 Å². The summed E-state index contributed by atoms with van der Waals surface area (Å²) in [6, 6.07) is 13.6. The molecule has 0 atom stereocenters. The summed E-state index contributed by atoms with van der Waals surface area (Å²) in [6.45, 7) is 8.64. The lowest BCUT2D eigenvalue weighted by molar-refractivity contribution is 0.0526. The topological polar surface area (TPSA) is 75.0 Å². The molecule has 1 amide bonds. The van der Waals surface area contributed by atoms with Crippen molar-refractivity contribution in [1.82, 2.24) is 4.90 Å². The first-order valence-corrected chi connectivity index (χ1v) is 12.3. The van der Waals surface area contributed by atoms with Gasteiger partial charge in [-0.25, -0.2) is 4.79 Å². The van der Waals surface area contributed by atoms with Crippen LogP contribution >= 0.6 is 23.2 Å². The SMILES string of the molecule is CCOC(=O)c1ccc(N2CCN(CC)CC2)c(NC(=O)c2ccc(-c3ccc(Cl)cc3Cl)o2)c1. The lowest BCUT2D eigenvalue weighted by Crippen LogP contribution is -2.46. The Bertz CT molecular complexity index is 1220. The number of furan rings is 1. The van der Waals surface area contributed by atoms with Crippen molar-refractivity contribution in [2.75, 3.05) is 49.5 Å². The molecular formula is C26H27Cl2N3O4. The molecule has 0 spiro atoms. The molecule has 9 heteroatoms. The van der Waals surface area contributed by atoms with E-state index in [9.17, 15) is 9.59 Å². The molecule has 1 saturated heterocycles. The predicted octanol–water partition coefficient (Wildman–Crippen LogP) is 5.82. The van der Waals surface area contributed by atoms with Crippen LogP contribution < -0.4 is 10.2 Å². The molecule has 1 aromatic heterocycles. The summed E-state index contributed by atoms with van der Waals surface area (Å²) in [5.74, 6) is -0.305. The normalized spacial score (nSPS) is 14.1. The molecule has 0 aliphatic carbocycles. The molecule has 3 aromatic rings. The zero-order chi connectivity index (χ0) is 24.9. The molecule has 0 saturated carbocycles. The van der Waals surface area contributed by atoms with Crippen molar-refractivity contribution >= 4 is 46.5 Å². The molecule has 1 aliphatic rings. The molecule has 1 fully saturated rings. The van der Waals surface area contributed by atoms with Crippen molar-refractivity contribution in [3.8, 4) is 11.3 Å². The van der Waals surface area contributed by atoms with Gasteiger partial charge in [0.25, 0.3) is 5.91 Å². The fraction of sp³-hybridized carbons (Fsp3) is 0.308. The van der Waals surface area contributed by atoms with E-state index in [4.69, 9.17) is 32.4 Å².